The zero-order chi connectivity index (χ0) is 17.9. The van der Waals surface area contributed by atoms with Gasteiger partial charge in [-0.15, -0.1) is 0 Å². The first-order chi connectivity index (χ1) is 12.7. The first-order valence-electron chi connectivity index (χ1n) is 8.44. The fraction of sp³-hybridized carbons (Fsp3) is 0.0909. The minimum absolute atomic E-state index is 0.128. The van der Waals surface area contributed by atoms with E-state index < -0.39 is 0 Å². The number of fused-ring (bicyclic) bond motifs is 1. The molecule has 0 spiro atoms. The third-order valence-corrected chi connectivity index (χ3v) is 4.40. The van der Waals surface area contributed by atoms with E-state index in [4.69, 9.17) is 4.74 Å². The van der Waals surface area contributed by atoms with Crippen molar-refractivity contribution in [3.05, 3.63) is 94.8 Å². The molecule has 0 N–H and O–H groups in total. The molecular formula is C22H18N2O2. The molecule has 0 atom stereocenters. The quantitative estimate of drug-likeness (QED) is 0.560. The molecule has 4 nitrogen and oxygen atoms in total. The van der Waals surface area contributed by atoms with Gasteiger partial charge in [-0.2, -0.15) is 5.10 Å². The van der Waals surface area contributed by atoms with Crippen molar-refractivity contribution in [2.24, 2.45) is 0 Å². The van der Waals surface area contributed by atoms with Gasteiger partial charge in [0.25, 0.3) is 5.56 Å². The Balaban J connectivity index is 1.73. The second-order valence-electron chi connectivity index (χ2n) is 6.10. The molecule has 1 aromatic heterocycles. The van der Waals surface area contributed by atoms with E-state index in [0.29, 0.717) is 12.2 Å². The van der Waals surface area contributed by atoms with Crippen molar-refractivity contribution < 1.29 is 4.74 Å². The molecule has 0 bridgehead atoms. The van der Waals surface area contributed by atoms with Crippen LogP contribution < -0.4 is 10.3 Å². The molecule has 0 unspecified atom stereocenters. The van der Waals surface area contributed by atoms with Crippen LogP contribution >= 0.6 is 0 Å². The number of methoxy groups -OCH3 is 1. The molecule has 4 rings (SSSR count). The molecule has 4 aromatic rings. The van der Waals surface area contributed by atoms with Crippen LogP contribution in [0.4, 0.5) is 0 Å². The zero-order valence-electron chi connectivity index (χ0n) is 14.4. The molecule has 0 amide bonds. The van der Waals surface area contributed by atoms with Gasteiger partial charge in [0.15, 0.2) is 0 Å². The SMILES string of the molecule is COc1ccccc1-c1ccc(=O)n(Cc2ccc3ccccc3c2)n1. The molecule has 0 radical (unpaired) electrons. The molecule has 0 aliphatic heterocycles. The van der Waals surface area contributed by atoms with Gasteiger partial charge < -0.3 is 4.74 Å². The van der Waals surface area contributed by atoms with Gasteiger partial charge in [0.05, 0.1) is 19.3 Å². The summed E-state index contributed by atoms with van der Waals surface area (Å²) in [4.78, 5) is 12.3. The minimum Gasteiger partial charge on any atom is -0.496 e. The summed E-state index contributed by atoms with van der Waals surface area (Å²) in [5, 5.41) is 6.88. The third kappa shape index (κ3) is 3.09. The van der Waals surface area contributed by atoms with Gasteiger partial charge in [0, 0.05) is 11.6 Å². The van der Waals surface area contributed by atoms with Crippen LogP contribution in [0.15, 0.2) is 83.7 Å². The molecule has 128 valence electrons. The number of hydrogen-bond donors (Lipinski definition) is 0. The summed E-state index contributed by atoms with van der Waals surface area (Å²) in [6.45, 7) is 0.423. The number of ether oxygens (including phenoxy) is 1. The third-order valence-electron chi connectivity index (χ3n) is 4.40. The van der Waals surface area contributed by atoms with E-state index in [1.165, 1.54) is 10.1 Å². The summed E-state index contributed by atoms with van der Waals surface area (Å²) < 4.78 is 6.90. The van der Waals surface area contributed by atoms with E-state index in [9.17, 15) is 4.79 Å². The lowest BCUT2D eigenvalue weighted by molar-refractivity contribution is 0.416. The van der Waals surface area contributed by atoms with Crippen molar-refractivity contribution in [1.29, 1.82) is 0 Å². The molecule has 26 heavy (non-hydrogen) atoms. The molecule has 4 heteroatoms. The average Bonchev–Trinajstić information content (AvgIpc) is 2.69. The Labute approximate surface area is 151 Å². The van der Waals surface area contributed by atoms with E-state index >= 15 is 0 Å². The molecule has 0 aliphatic carbocycles. The Kier molecular flexibility index (Phi) is 4.23. The van der Waals surface area contributed by atoms with Crippen LogP contribution in [0.25, 0.3) is 22.0 Å². The molecule has 0 saturated carbocycles. The maximum Gasteiger partial charge on any atom is 0.267 e. The summed E-state index contributed by atoms with van der Waals surface area (Å²) in [6.07, 6.45) is 0. The summed E-state index contributed by atoms with van der Waals surface area (Å²) in [5.74, 6) is 0.732. The monoisotopic (exact) mass is 342 g/mol. The predicted molar refractivity (Wildman–Crippen MR) is 104 cm³/mol. The maximum atomic E-state index is 12.3. The van der Waals surface area contributed by atoms with Crippen molar-refractivity contribution in [1.82, 2.24) is 9.78 Å². The highest BCUT2D eigenvalue weighted by molar-refractivity contribution is 5.83. The van der Waals surface area contributed by atoms with Gasteiger partial charge in [-0.25, -0.2) is 4.68 Å². The van der Waals surface area contributed by atoms with Crippen LogP contribution in [0.2, 0.25) is 0 Å². The summed E-state index contributed by atoms with van der Waals surface area (Å²) in [6, 6.07) is 25.3. The van der Waals surface area contributed by atoms with Gasteiger partial charge >= 0.3 is 0 Å². The average molecular weight is 342 g/mol. The predicted octanol–water partition coefficient (Wildman–Crippen LogP) is 4.12. The van der Waals surface area contributed by atoms with E-state index in [2.05, 4.69) is 29.4 Å². The number of aromatic nitrogens is 2. The zero-order valence-corrected chi connectivity index (χ0v) is 14.4. The second kappa shape index (κ2) is 6.84. The Hall–Kier alpha value is -3.40. The summed E-state index contributed by atoms with van der Waals surface area (Å²) >= 11 is 0. The fourth-order valence-corrected chi connectivity index (χ4v) is 3.07. The van der Waals surface area contributed by atoms with Gasteiger partial charge in [-0.05, 0) is 40.6 Å². The largest absolute Gasteiger partial charge is 0.496 e. The Bertz CT molecular complexity index is 1130. The lowest BCUT2D eigenvalue weighted by atomic mass is 10.1. The number of nitrogens with zero attached hydrogens (tertiary/aromatic N) is 2. The van der Waals surface area contributed by atoms with Crippen LogP contribution in [0, 0.1) is 0 Å². The van der Waals surface area contributed by atoms with Crippen LogP contribution in [0.3, 0.4) is 0 Å². The highest BCUT2D eigenvalue weighted by atomic mass is 16.5. The topological polar surface area (TPSA) is 44.1 Å². The molecule has 3 aromatic carbocycles. The van der Waals surface area contributed by atoms with Gasteiger partial charge in [-0.3, -0.25) is 4.79 Å². The van der Waals surface area contributed by atoms with E-state index in [1.807, 2.05) is 42.5 Å². The summed E-state index contributed by atoms with van der Waals surface area (Å²) in [7, 11) is 1.63. The first kappa shape index (κ1) is 16.1. The summed E-state index contributed by atoms with van der Waals surface area (Å²) in [5.41, 5.74) is 2.48. The standard InChI is InChI=1S/C22H18N2O2/c1-26-21-9-5-4-8-19(21)20-12-13-22(25)24(23-20)15-16-10-11-17-6-2-3-7-18(17)14-16/h2-14H,15H2,1H3. The normalized spacial score (nSPS) is 10.8. The smallest absolute Gasteiger partial charge is 0.267 e. The number of benzene rings is 3. The van der Waals surface area contributed by atoms with Gasteiger partial charge in [-0.1, -0.05) is 48.5 Å². The van der Waals surface area contributed by atoms with Crippen LogP contribution in [-0.4, -0.2) is 16.9 Å². The molecule has 1 heterocycles. The first-order valence-corrected chi connectivity index (χ1v) is 8.44. The van der Waals surface area contributed by atoms with E-state index in [0.717, 1.165) is 22.3 Å². The van der Waals surface area contributed by atoms with Crippen molar-refractivity contribution in [3.8, 4) is 17.0 Å². The molecule has 0 saturated heterocycles. The molecule has 0 aliphatic rings. The van der Waals surface area contributed by atoms with Crippen molar-refractivity contribution in [3.63, 3.8) is 0 Å². The van der Waals surface area contributed by atoms with Crippen molar-refractivity contribution in [2.75, 3.05) is 7.11 Å². The van der Waals surface area contributed by atoms with Crippen molar-refractivity contribution in [2.45, 2.75) is 6.54 Å². The van der Waals surface area contributed by atoms with E-state index in [1.54, 1.807) is 19.2 Å². The number of rotatable bonds is 4. The van der Waals surface area contributed by atoms with Gasteiger partial charge in [0.2, 0.25) is 0 Å². The Morgan fingerprint density at radius 2 is 1.65 bits per heavy atom. The van der Waals surface area contributed by atoms with Crippen LogP contribution in [0.5, 0.6) is 5.75 Å². The Morgan fingerprint density at radius 1 is 0.885 bits per heavy atom. The molecular weight excluding hydrogens is 324 g/mol. The second-order valence-corrected chi connectivity index (χ2v) is 6.10. The van der Waals surface area contributed by atoms with Crippen LogP contribution in [0.1, 0.15) is 5.56 Å². The fourth-order valence-electron chi connectivity index (χ4n) is 3.07. The number of hydrogen-bond acceptors (Lipinski definition) is 3. The Morgan fingerprint density at radius 3 is 2.50 bits per heavy atom. The lowest BCUT2D eigenvalue weighted by Gasteiger charge is -2.10. The van der Waals surface area contributed by atoms with Crippen LogP contribution in [-0.2, 0) is 6.54 Å². The van der Waals surface area contributed by atoms with Crippen molar-refractivity contribution >= 4 is 10.8 Å². The molecule has 0 fully saturated rings. The van der Waals surface area contributed by atoms with E-state index in [-0.39, 0.29) is 5.56 Å². The number of para-hydroxylation sites is 1. The highest BCUT2D eigenvalue weighted by Crippen LogP contribution is 2.27. The lowest BCUT2D eigenvalue weighted by Crippen LogP contribution is -2.22. The maximum absolute atomic E-state index is 12.3. The minimum atomic E-state index is -0.128. The highest BCUT2D eigenvalue weighted by Gasteiger charge is 2.09. The van der Waals surface area contributed by atoms with Gasteiger partial charge in [0.1, 0.15) is 5.75 Å².